The molecule has 0 aliphatic heterocycles. The second-order valence-corrected chi connectivity index (χ2v) is 2.27. The fourth-order valence-electron chi connectivity index (χ4n) is 0.999. The predicted molar refractivity (Wildman–Crippen MR) is 40.2 cm³/mol. The van der Waals surface area contributed by atoms with Crippen LogP contribution in [0.25, 0.3) is 0 Å². The molecule has 0 aromatic carbocycles. The molecule has 11 heavy (non-hydrogen) atoms. The molecule has 62 valence electrons. The Morgan fingerprint density at radius 3 is 2.64 bits per heavy atom. The number of aromatic amines is 1. The van der Waals surface area contributed by atoms with Crippen LogP contribution in [0.15, 0.2) is 6.33 Å². The third kappa shape index (κ3) is 2.03. The van der Waals surface area contributed by atoms with Crippen molar-refractivity contribution in [1.29, 1.82) is 0 Å². The van der Waals surface area contributed by atoms with Gasteiger partial charge in [0.1, 0.15) is 0 Å². The van der Waals surface area contributed by atoms with E-state index in [0.717, 1.165) is 11.4 Å². The smallest absolute Gasteiger partial charge is 0.0925 e. The first-order valence-electron chi connectivity index (χ1n) is 3.61. The van der Waals surface area contributed by atoms with E-state index >= 15 is 0 Å². The van der Waals surface area contributed by atoms with Crippen molar-refractivity contribution in [2.75, 3.05) is 13.2 Å². The van der Waals surface area contributed by atoms with Gasteiger partial charge in [-0.25, -0.2) is 4.98 Å². The highest BCUT2D eigenvalue weighted by molar-refractivity contribution is 5.11. The summed E-state index contributed by atoms with van der Waals surface area (Å²) in [5, 5.41) is 17.2. The second-order valence-electron chi connectivity index (χ2n) is 2.27. The summed E-state index contributed by atoms with van der Waals surface area (Å²) in [5.41, 5.74) is 1.77. The maximum Gasteiger partial charge on any atom is 0.0925 e. The molecule has 1 aromatic rings. The zero-order valence-corrected chi connectivity index (χ0v) is 6.25. The number of nitrogens with zero attached hydrogens (tertiary/aromatic N) is 1. The average Bonchev–Trinajstić information content (AvgIpc) is 2.39. The monoisotopic (exact) mass is 156 g/mol. The summed E-state index contributed by atoms with van der Waals surface area (Å²) < 4.78 is 0. The Kier molecular flexibility index (Phi) is 3.07. The highest BCUT2D eigenvalue weighted by atomic mass is 16.3. The van der Waals surface area contributed by atoms with E-state index in [2.05, 4.69) is 9.97 Å². The van der Waals surface area contributed by atoms with Crippen molar-refractivity contribution < 1.29 is 10.2 Å². The Bertz CT molecular complexity index is 189. The van der Waals surface area contributed by atoms with Crippen LogP contribution in [0.3, 0.4) is 0 Å². The van der Waals surface area contributed by atoms with E-state index in [0.29, 0.717) is 12.8 Å². The third-order valence-electron chi connectivity index (χ3n) is 1.52. The van der Waals surface area contributed by atoms with Crippen LogP contribution in [0, 0.1) is 0 Å². The SMILES string of the molecule is OCCc1nc[nH]c1CCO. The van der Waals surface area contributed by atoms with Crippen LogP contribution in [0.4, 0.5) is 0 Å². The van der Waals surface area contributed by atoms with Crippen LogP contribution in [0.5, 0.6) is 0 Å². The van der Waals surface area contributed by atoms with Gasteiger partial charge in [-0.1, -0.05) is 0 Å². The van der Waals surface area contributed by atoms with Gasteiger partial charge in [-0.15, -0.1) is 0 Å². The van der Waals surface area contributed by atoms with Crippen LogP contribution in [0.1, 0.15) is 11.4 Å². The lowest BCUT2D eigenvalue weighted by Gasteiger charge is -1.96. The maximum atomic E-state index is 8.62. The van der Waals surface area contributed by atoms with Crippen molar-refractivity contribution in [1.82, 2.24) is 9.97 Å². The molecule has 3 N–H and O–H groups in total. The number of imidazole rings is 1. The highest BCUT2D eigenvalue weighted by Gasteiger charge is 2.02. The number of rotatable bonds is 4. The van der Waals surface area contributed by atoms with Crippen LogP contribution < -0.4 is 0 Å². The molecule has 4 heteroatoms. The van der Waals surface area contributed by atoms with E-state index in [4.69, 9.17) is 10.2 Å². The molecule has 0 fully saturated rings. The van der Waals surface area contributed by atoms with Gasteiger partial charge in [-0.2, -0.15) is 0 Å². The van der Waals surface area contributed by atoms with Crippen LogP contribution >= 0.6 is 0 Å². The first kappa shape index (κ1) is 8.23. The van der Waals surface area contributed by atoms with Crippen LogP contribution in [-0.2, 0) is 12.8 Å². The van der Waals surface area contributed by atoms with Gasteiger partial charge < -0.3 is 15.2 Å². The molecule has 1 heterocycles. The Hall–Kier alpha value is -0.870. The van der Waals surface area contributed by atoms with E-state index in [1.165, 1.54) is 0 Å². The molecule has 0 aliphatic carbocycles. The summed E-state index contributed by atoms with van der Waals surface area (Å²) in [7, 11) is 0. The zero-order chi connectivity index (χ0) is 8.10. The largest absolute Gasteiger partial charge is 0.396 e. The quantitative estimate of drug-likeness (QED) is 0.549. The second kappa shape index (κ2) is 4.10. The summed E-state index contributed by atoms with van der Waals surface area (Å²) >= 11 is 0. The van der Waals surface area contributed by atoms with Crippen molar-refractivity contribution in [2.45, 2.75) is 12.8 Å². The predicted octanol–water partition coefficient (Wildman–Crippen LogP) is -0.521. The molecule has 1 aromatic heterocycles. The van der Waals surface area contributed by atoms with Gasteiger partial charge in [0.2, 0.25) is 0 Å². The lowest BCUT2D eigenvalue weighted by Crippen LogP contribution is -1.99. The topological polar surface area (TPSA) is 69.1 Å². The standard InChI is InChI=1S/C7H12N2O2/c10-3-1-6-7(2-4-11)9-5-8-6/h5,10-11H,1-4H2,(H,8,9). The number of hydrogen-bond acceptors (Lipinski definition) is 3. The van der Waals surface area contributed by atoms with E-state index in [9.17, 15) is 0 Å². The van der Waals surface area contributed by atoms with Crippen molar-refractivity contribution in [3.8, 4) is 0 Å². The summed E-state index contributed by atoms with van der Waals surface area (Å²) in [6, 6.07) is 0. The van der Waals surface area contributed by atoms with Gasteiger partial charge in [0.15, 0.2) is 0 Å². The first-order chi connectivity index (χ1) is 5.38. The van der Waals surface area contributed by atoms with Gasteiger partial charge in [-0.05, 0) is 0 Å². The number of aliphatic hydroxyl groups is 2. The van der Waals surface area contributed by atoms with Crippen LogP contribution in [-0.4, -0.2) is 33.4 Å². The van der Waals surface area contributed by atoms with Gasteiger partial charge >= 0.3 is 0 Å². The van der Waals surface area contributed by atoms with Crippen LogP contribution in [0.2, 0.25) is 0 Å². The molecule has 0 atom stereocenters. The molecule has 0 saturated heterocycles. The van der Waals surface area contributed by atoms with Gasteiger partial charge in [0, 0.05) is 31.7 Å². The number of H-pyrrole nitrogens is 1. The van der Waals surface area contributed by atoms with E-state index in [1.807, 2.05) is 0 Å². The molecule has 0 spiro atoms. The number of nitrogens with one attached hydrogen (secondary N) is 1. The molecule has 0 saturated carbocycles. The molecular formula is C7H12N2O2. The lowest BCUT2D eigenvalue weighted by molar-refractivity contribution is 0.291. The first-order valence-corrected chi connectivity index (χ1v) is 3.61. The van der Waals surface area contributed by atoms with Gasteiger partial charge in [-0.3, -0.25) is 0 Å². The lowest BCUT2D eigenvalue weighted by atomic mass is 10.2. The van der Waals surface area contributed by atoms with Crippen molar-refractivity contribution >= 4 is 0 Å². The van der Waals surface area contributed by atoms with Gasteiger partial charge in [0.05, 0.1) is 12.0 Å². The number of aromatic nitrogens is 2. The molecule has 0 amide bonds. The Labute approximate surface area is 64.9 Å². The highest BCUT2D eigenvalue weighted by Crippen LogP contribution is 2.03. The number of aliphatic hydroxyl groups excluding tert-OH is 2. The molecule has 0 unspecified atom stereocenters. The molecule has 0 bridgehead atoms. The number of hydrogen-bond donors (Lipinski definition) is 3. The fourth-order valence-corrected chi connectivity index (χ4v) is 0.999. The van der Waals surface area contributed by atoms with Gasteiger partial charge in [0.25, 0.3) is 0 Å². The fraction of sp³-hybridized carbons (Fsp3) is 0.571. The average molecular weight is 156 g/mol. The minimum absolute atomic E-state index is 0.100. The minimum Gasteiger partial charge on any atom is -0.396 e. The summed E-state index contributed by atoms with van der Waals surface area (Å²) in [6.45, 7) is 0.212. The molecule has 0 aliphatic rings. The third-order valence-corrected chi connectivity index (χ3v) is 1.52. The molecular weight excluding hydrogens is 144 g/mol. The molecule has 1 rings (SSSR count). The summed E-state index contributed by atoms with van der Waals surface area (Å²) in [6.07, 6.45) is 2.71. The van der Waals surface area contributed by atoms with E-state index in [-0.39, 0.29) is 13.2 Å². The minimum atomic E-state index is 0.100. The maximum absolute atomic E-state index is 8.62. The van der Waals surface area contributed by atoms with Crippen molar-refractivity contribution in [3.63, 3.8) is 0 Å². The normalized spacial score (nSPS) is 10.4. The molecule has 0 radical (unpaired) electrons. The zero-order valence-electron chi connectivity index (χ0n) is 6.25. The Balaban J connectivity index is 2.62. The molecule has 4 nitrogen and oxygen atoms in total. The van der Waals surface area contributed by atoms with Crippen molar-refractivity contribution in [2.24, 2.45) is 0 Å². The Morgan fingerprint density at radius 1 is 1.27 bits per heavy atom. The van der Waals surface area contributed by atoms with Crippen molar-refractivity contribution in [3.05, 3.63) is 17.7 Å². The summed E-state index contributed by atoms with van der Waals surface area (Å²) in [4.78, 5) is 6.91. The summed E-state index contributed by atoms with van der Waals surface area (Å²) in [5.74, 6) is 0. The van der Waals surface area contributed by atoms with E-state index in [1.54, 1.807) is 6.33 Å². The Morgan fingerprint density at radius 2 is 2.00 bits per heavy atom. The van der Waals surface area contributed by atoms with E-state index < -0.39 is 0 Å².